The van der Waals surface area contributed by atoms with Crippen LogP contribution in [0.1, 0.15) is 13.3 Å². The van der Waals surface area contributed by atoms with Gasteiger partial charge in [0, 0.05) is 5.75 Å². The predicted octanol–water partition coefficient (Wildman–Crippen LogP) is -0.0567. The van der Waals surface area contributed by atoms with Gasteiger partial charge in [0.2, 0.25) is 0 Å². The zero-order valence-corrected chi connectivity index (χ0v) is 8.34. The van der Waals surface area contributed by atoms with Gasteiger partial charge in [-0.25, -0.2) is 8.42 Å². The minimum atomic E-state index is -3.01. The molecule has 5 heteroatoms. The number of nitrogens with zero attached hydrogens (tertiary/aromatic N) is 1. The van der Waals surface area contributed by atoms with Crippen molar-refractivity contribution in [2.75, 3.05) is 18.1 Å². The number of rotatable bonds is 4. The molecule has 0 aromatic carbocycles. The van der Waals surface area contributed by atoms with Crippen molar-refractivity contribution in [2.24, 2.45) is 11.3 Å². The molecule has 0 heterocycles. The fourth-order valence-corrected chi connectivity index (χ4v) is 2.68. The van der Waals surface area contributed by atoms with E-state index in [1.807, 2.05) is 6.07 Å². The first kappa shape index (κ1) is 10.5. The Hall–Kier alpha value is -0.600. The summed E-state index contributed by atoms with van der Waals surface area (Å²) in [5.41, 5.74) is -0.762. The fourth-order valence-electron chi connectivity index (χ4n) is 1.39. The van der Waals surface area contributed by atoms with E-state index < -0.39 is 15.3 Å². The lowest BCUT2D eigenvalue weighted by Crippen LogP contribution is -2.16. The minimum Gasteiger partial charge on any atom is -0.395 e. The van der Waals surface area contributed by atoms with Crippen molar-refractivity contribution in [3.05, 3.63) is 0 Å². The maximum atomic E-state index is 11.2. The average molecular weight is 203 g/mol. The number of aliphatic hydroxyl groups is 1. The quantitative estimate of drug-likeness (QED) is 0.694. The smallest absolute Gasteiger partial charge is 0.150 e. The minimum absolute atomic E-state index is 0.0393. The third-order valence-electron chi connectivity index (χ3n) is 2.63. The molecule has 0 spiro atoms. The molecule has 0 unspecified atom stereocenters. The number of hydrogen-bond acceptors (Lipinski definition) is 4. The van der Waals surface area contributed by atoms with Crippen LogP contribution < -0.4 is 0 Å². The van der Waals surface area contributed by atoms with Crippen LogP contribution in [-0.2, 0) is 9.84 Å². The molecule has 0 bridgehead atoms. The van der Waals surface area contributed by atoms with E-state index in [9.17, 15) is 8.42 Å². The summed E-state index contributed by atoms with van der Waals surface area (Å²) < 4.78 is 22.4. The third-order valence-corrected chi connectivity index (χ3v) is 4.42. The SMILES string of the molecule is CCS(=O)(=O)C[C@@H]1C[C@]1(C#N)CO. The van der Waals surface area contributed by atoms with Crippen molar-refractivity contribution in [1.29, 1.82) is 5.26 Å². The summed E-state index contributed by atoms with van der Waals surface area (Å²) in [4.78, 5) is 0. The van der Waals surface area contributed by atoms with E-state index in [0.29, 0.717) is 6.42 Å². The van der Waals surface area contributed by atoms with E-state index in [-0.39, 0.29) is 24.0 Å². The topological polar surface area (TPSA) is 78.2 Å². The van der Waals surface area contributed by atoms with Crippen molar-refractivity contribution in [3.8, 4) is 6.07 Å². The lowest BCUT2D eigenvalue weighted by atomic mass is 10.1. The summed E-state index contributed by atoms with van der Waals surface area (Å²) in [5, 5.41) is 17.6. The van der Waals surface area contributed by atoms with Gasteiger partial charge in [0.1, 0.15) is 9.84 Å². The molecular formula is C8H13NO3S. The number of sulfone groups is 1. The average Bonchev–Trinajstić information content (AvgIpc) is 2.79. The molecule has 74 valence electrons. The molecular weight excluding hydrogens is 190 g/mol. The Balaban J connectivity index is 2.59. The van der Waals surface area contributed by atoms with Gasteiger partial charge in [-0.15, -0.1) is 0 Å². The van der Waals surface area contributed by atoms with Gasteiger partial charge in [0.05, 0.1) is 23.8 Å². The first-order valence-electron chi connectivity index (χ1n) is 4.22. The molecule has 1 aliphatic carbocycles. The van der Waals surface area contributed by atoms with Crippen LogP contribution in [0.25, 0.3) is 0 Å². The molecule has 0 radical (unpaired) electrons. The van der Waals surface area contributed by atoms with Crippen LogP contribution in [0.2, 0.25) is 0 Å². The maximum absolute atomic E-state index is 11.2. The van der Waals surface area contributed by atoms with Crippen LogP contribution >= 0.6 is 0 Å². The standard InChI is InChI=1S/C8H13NO3S/c1-2-13(11,12)4-7-3-8(7,5-9)6-10/h7,10H,2-4,6H2,1H3/t7-,8-/m0/s1. The van der Waals surface area contributed by atoms with Gasteiger partial charge < -0.3 is 5.11 Å². The Morgan fingerprint density at radius 3 is 2.62 bits per heavy atom. The van der Waals surface area contributed by atoms with E-state index >= 15 is 0 Å². The van der Waals surface area contributed by atoms with Gasteiger partial charge in [0.15, 0.2) is 0 Å². The summed E-state index contributed by atoms with van der Waals surface area (Å²) in [7, 11) is -3.01. The second-order valence-electron chi connectivity index (χ2n) is 3.53. The molecule has 0 aromatic heterocycles. The van der Waals surface area contributed by atoms with Crippen molar-refractivity contribution in [1.82, 2.24) is 0 Å². The van der Waals surface area contributed by atoms with Gasteiger partial charge in [-0.05, 0) is 12.3 Å². The molecule has 2 atom stereocenters. The largest absolute Gasteiger partial charge is 0.395 e. The highest BCUT2D eigenvalue weighted by Crippen LogP contribution is 2.52. The van der Waals surface area contributed by atoms with E-state index in [1.54, 1.807) is 6.92 Å². The molecule has 1 fully saturated rings. The Kier molecular flexibility index (Phi) is 2.64. The van der Waals surface area contributed by atoms with Crippen LogP contribution in [0.5, 0.6) is 0 Å². The normalized spacial score (nSPS) is 32.5. The molecule has 1 rings (SSSR count). The van der Waals surface area contributed by atoms with Crippen LogP contribution in [0.4, 0.5) is 0 Å². The Morgan fingerprint density at radius 2 is 2.31 bits per heavy atom. The molecule has 4 nitrogen and oxygen atoms in total. The first-order chi connectivity index (χ1) is 5.99. The summed E-state index contributed by atoms with van der Waals surface area (Å²) in [6.07, 6.45) is 0.513. The summed E-state index contributed by atoms with van der Waals surface area (Å²) in [5.74, 6) is -0.0129. The van der Waals surface area contributed by atoms with Crippen LogP contribution in [0.15, 0.2) is 0 Å². The highest BCUT2D eigenvalue weighted by Gasteiger charge is 2.55. The van der Waals surface area contributed by atoms with Crippen LogP contribution in [0, 0.1) is 22.7 Å². The molecule has 13 heavy (non-hydrogen) atoms. The summed E-state index contributed by atoms with van der Waals surface area (Å²) >= 11 is 0. The van der Waals surface area contributed by atoms with Crippen molar-refractivity contribution in [3.63, 3.8) is 0 Å². The van der Waals surface area contributed by atoms with Crippen molar-refractivity contribution < 1.29 is 13.5 Å². The predicted molar refractivity (Wildman–Crippen MR) is 47.6 cm³/mol. The van der Waals surface area contributed by atoms with Crippen molar-refractivity contribution >= 4 is 9.84 Å². The molecule has 0 aromatic rings. The second-order valence-corrected chi connectivity index (χ2v) is 5.92. The van der Waals surface area contributed by atoms with Crippen molar-refractivity contribution in [2.45, 2.75) is 13.3 Å². The van der Waals surface area contributed by atoms with Gasteiger partial charge in [-0.1, -0.05) is 6.92 Å². The van der Waals surface area contributed by atoms with E-state index in [1.165, 1.54) is 0 Å². The summed E-state index contributed by atoms with van der Waals surface area (Å²) in [6, 6.07) is 1.98. The molecule has 1 N–H and O–H groups in total. The molecule has 0 amide bonds. The van der Waals surface area contributed by atoms with Crippen LogP contribution in [-0.4, -0.2) is 31.6 Å². The van der Waals surface area contributed by atoms with Gasteiger partial charge in [-0.3, -0.25) is 0 Å². The summed E-state index contributed by atoms with van der Waals surface area (Å²) in [6.45, 7) is 1.36. The zero-order chi connectivity index (χ0) is 10.1. The first-order valence-corrected chi connectivity index (χ1v) is 6.04. The lowest BCUT2D eigenvalue weighted by molar-refractivity contribution is 0.237. The van der Waals surface area contributed by atoms with E-state index in [0.717, 1.165) is 0 Å². The lowest BCUT2D eigenvalue weighted by Gasteiger charge is -2.03. The zero-order valence-electron chi connectivity index (χ0n) is 7.52. The number of hydrogen-bond donors (Lipinski definition) is 1. The van der Waals surface area contributed by atoms with E-state index in [2.05, 4.69) is 0 Å². The fraction of sp³-hybridized carbons (Fsp3) is 0.875. The highest BCUT2D eigenvalue weighted by molar-refractivity contribution is 7.91. The van der Waals surface area contributed by atoms with Gasteiger partial charge >= 0.3 is 0 Å². The molecule has 0 saturated heterocycles. The second kappa shape index (κ2) is 3.28. The number of nitriles is 1. The molecule has 1 saturated carbocycles. The van der Waals surface area contributed by atoms with Crippen LogP contribution in [0.3, 0.4) is 0 Å². The van der Waals surface area contributed by atoms with Gasteiger partial charge in [0.25, 0.3) is 0 Å². The Labute approximate surface area is 78.1 Å². The van der Waals surface area contributed by atoms with E-state index in [4.69, 9.17) is 10.4 Å². The number of aliphatic hydroxyl groups excluding tert-OH is 1. The molecule has 1 aliphatic rings. The Morgan fingerprint density at radius 1 is 1.69 bits per heavy atom. The highest BCUT2D eigenvalue weighted by atomic mass is 32.2. The monoisotopic (exact) mass is 203 g/mol. The molecule has 0 aliphatic heterocycles. The Bertz CT molecular complexity index is 330. The van der Waals surface area contributed by atoms with Gasteiger partial charge in [-0.2, -0.15) is 5.26 Å². The maximum Gasteiger partial charge on any atom is 0.150 e. The third kappa shape index (κ3) is 2.01.